The van der Waals surface area contributed by atoms with Gasteiger partial charge in [0.05, 0.1) is 6.10 Å². The van der Waals surface area contributed by atoms with Crippen molar-refractivity contribution in [1.29, 1.82) is 0 Å². The largest absolute Gasteiger partial charge is 0.385 e. The van der Waals surface area contributed by atoms with E-state index in [1.165, 1.54) is 25.3 Å². The van der Waals surface area contributed by atoms with Crippen molar-refractivity contribution < 1.29 is 13.9 Å². The maximum Gasteiger partial charge on any atom is 0.193 e. The molecule has 1 heterocycles. The number of piperidine rings is 1. The van der Waals surface area contributed by atoms with E-state index < -0.39 is 0 Å². The average molecular weight is 547 g/mol. The predicted molar refractivity (Wildman–Crippen MR) is 135 cm³/mol. The fraction of sp³-hybridized carbons (Fsp3) is 0.708. The predicted octanol–water partition coefficient (Wildman–Crippen LogP) is 4.74. The van der Waals surface area contributed by atoms with Crippen LogP contribution in [0.1, 0.15) is 56.9 Å². The van der Waals surface area contributed by atoms with E-state index in [0.717, 1.165) is 76.5 Å². The second-order valence-corrected chi connectivity index (χ2v) is 8.66. The first kappa shape index (κ1) is 26.3. The molecule has 0 spiro atoms. The number of benzene rings is 1. The lowest BCUT2D eigenvalue weighted by atomic mass is 9.69. The maximum atomic E-state index is 13.9. The minimum atomic E-state index is -0.144. The van der Waals surface area contributed by atoms with Crippen LogP contribution in [-0.2, 0) is 14.9 Å². The van der Waals surface area contributed by atoms with Gasteiger partial charge in [-0.15, -0.1) is 24.0 Å². The molecule has 31 heavy (non-hydrogen) atoms. The lowest BCUT2D eigenvalue weighted by Crippen LogP contribution is -2.51. The summed E-state index contributed by atoms with van der Waals surface area (Å²) in [6.45, 7) is 4.21. The lowest BCUT2D eigenvalue weighted by Gasteiger charge is -2.40. The lowest BCUT2D eigenvalue weighted by molar-refractivity contribution is 0.00985. The summed E-state index contributed by atoms with van der Waals surface area (Å²) in [6.07, 6.45) is 9.16. The minimum absolute atomic E-state index is 0. The number of aliphatic imine (C=N–C) groups is 1. The minimum Gasteiger partial charge on any atom is -0.385 e. The van der Waals surface area contributed by atoms with Crippen LogP contribution in [0.4, 0.5) is 4.39 Å². The monoisotopic (exact) mass is 547 g/mol. The van der Waals surface area contributed by atoms with Crippen LogP contribution in [-0.4, -0.2) is 64.0 Å². The Balaban J connectivity index is 0.00000341. The number of nitrogens with one attached hydrogen (secondary N) is 1. The quantitative estimate of drug-likeness (QED) is 0.221. The average Bonchev–Trinajstić information content (AvgIpc) is 2.79. The summed E-state index contributed by atoms with van der Waals surface area (Å²) in [5.74, 6) is 0.809. The van der Waals surface area contributed by atoms with Crippen LogP contribution in [0, 0.1) is 5.82 Å². The van der Waals surface area contributed by atoms with E-state index in [0.29, 0.717) is 6.10 Å². The van der Waals surface area contributed by atoms with Crippen LogP contribution in [0.5, 0.6) is 0 Å². The van der Waals surface area contributed by atoms with Gasteiger partial charge in [0.1, 0.15) is 5.82 Å². The van der Waals surface area contributed by atoms with Crippen molar-refractivity contribution in [3.05, 3.63) is 35.6 Å². The van der Waals surface area contributed by atoms with E-state index in [1.807, 2.05) is 13.1 Å². The molecule has 0 aromatic heterocycles. The van der Waals surface area contributed by atoms with Crippen molar-refractivity contribution in [2.24, 2.45) is 4.99 Å². The molecule has 7 heteroatoms. The Labute approximate surface area is 204 Å². The molecule has 2 aliphatic rings. The summed E-state index contributed by atoms with van der Waals surface area (Å²) in [4.78, 5) is 6.88. The normalized spacial score (nSPS) is 19.7. The first-order valence-corrected chi connectivity index (χ1v) is 11.5. The summed E-state index contributed by atoms with van der Waals surface area (Å²) >= 11 is 0. The number of methoxy groups -OCH3 is 1. The molecule has 0 bridgehead atoms. The van der Waals surface area contributed by atoms with E-state index in [9.17, 15) is 4.39 Å². The van der Waals surface area contributed by atoms with Gasteiger partial charge in [-0.25, -0.2) is 4.39 Å². The molecule has 1 aliphatic carbocycles. The van der Waals surface area contributed by atoms with Crippen molar-refractivity contribution in [2.75, 3.05) is 47.0 Å². The smallest absolute Gasteiger partial charge is 0.193 e. The van der Waals surface area contributed by atoms with Gasteiger partial charge in [-0.05, 0) is 49.8 Å². The van der Waals surface area contributed by atoms with E-state index in [2.05, 4.69) is 21.3 Å². The van der Waals surface area contributed by atoms with Gasteiger partial charge in [0, 0.05) is 52.4 Å². The Kier molecular flexibility index (Phi) is 11.5. The summed E-state index contributed by atoms with van der Waals surface area (Å²) in [6, 6.07) is 7.19. The third-order valence-corrected chi connectivity index (χ3v) is 6.63. The van der Waals surface area contributed by atoms with Crippen LogP contribution in [0.2, 0.25) is 0 Å². The SMILES string of the molecule is CN=C(NCC1(c2cccc(F)c2)CCCCC1)N1CCC(OCCCOC)CC1.I. The van der Waals surface area contributed by atoms with Crippen molar-refractivity contribution in [3.8, 4) is 0 Å². The zero-order valence-corrected chi connectivity index (χ0v) is 21.4. The number of likely N-dealkylation sites (tertiary alicyclic amines) is 1. The highest BCUT2D eigenvalue weighted by molar-refractivity contribution is 14.0. The molecule has 2 fully saturated rings. The number of rotatable bonds is 8. The van der Waals surface area contributed by atoms with E-state index >= 15 is 0 Å². The second kappa shape index (κ2) is 13.6. The molecule has 0 unspecified atom stereocenters. The van der Waals surface area contributed by atoms with Gasteiger partial charge in [0.25, 0.3) is 0 Å². The van der Waals surface area contributed by atoms with Gasteiger partial charge >= 0.3 is 0 Å². The van der Waals surface area contributed by atoms with Crippen LogP contribution < -0.4 is 5.32 Å². The number of hydrogen-bond acceptors (Lipinski definition) is 3. The summed E-state index contributed by atoms with van der Waals surface area (Å²) in [5.41, 5.74) is 1.10. The van der Waals surface area contributed by atoms with Gasteiger partial charge in [-0.2, -0.15) is 0 Å². The van der Waals surface area contributed by atoms with Crippen molar-refractivity contribution in [2.45, 2.75) is 62.9 Å². The Morgan fingerprint density at radius 1 is 1.19 bits per heavy atom. The molecule has 176 valence electrons. The van der Waals surface area contributed by atoms with Crippen molar-refractivity contribution in [3.63, 3.8) is 0 Å². The molecule has 1 saturated heterocycles. The van der Waals surface area contributed by atoms with Crippen LogP contribution in [0.25, 0.3) is 0 Å². The standard InChI is InChI=1S/C24H38FN3O2.HI/c1-26-23(28-14-10-22(11-15-28)30-17-7-16-29-2)27-19-24(12-4-3-5-13-24)20-8-6-9-21(25)18-20;/h6,8-9,18,22H,3-5,7,10-17,19H2,1-2H3,(H,26,27);1H. The molecule has 1 N–H and O–H groups in total. The Hall–Kier alpha value is -0.930. The third kappa shape index (κ3) is 7.56. The Bertz CT molecular complexity index is 675. The molecule has 3 rings (SSSR count). The first-order chi connectivity index (χ1) is 14.7. The molecule has 1 aromatic rings. The number of halogens is 2. The van der Waals surface area contributed by atoms with Gasteiger partial charge in [-0.3, -0.25) is 4.99 Å². The van der Waals surface area contributed by atoms with E-state index in [-0.39, 0.29) is 35.2 Å². The number of nitrogens with zero attached hydrogens (tertiary/aromatic N) is 2. The summed E-state index contributed by atoms with van der Waals surface area (Å²) in [5, 5.41) is 3.64. The fourth-order valence-corrected chi connectivity index (χ4v) is 4.88. The molecular weight excluding hydrogens is 508 g/mol. The molecule has 0 amide bonds. The zero-order valence-electron chi connectivity index (χ0n) is 19.1. The molecule has 0 atom stereocenters. The Morgan fingerprint density at radius 2 is 1.94 bits per heavy atom. The highest BCUT2D eigenvalue weighted by Crippen LogP contribution is 2.39. The van der Waals surface area contributed by atoms with E-state index in [4.69, 9.17) is 9.47 Å². The Morgan fingerprint density at radius 3 is 2.58 bits per heavy atom. The van der Waals surface area contributed by atoms with Crippen molar-refractivity contribution in [1.82, 2.24) is 10.2 Å². The fourth-order valence-electron chi connectivity index (χ4n) is 4.88. The molecule has 1 aromatic carbocycles. The van der Waals surface area contributed by atoms with Crippen molar-refractivity contribution >= 4 is 29.9 Å². The van der Waals surface area contributed by atoms with Crippen LogP contribution in [0.15, 0.2) is 29.3 Å². The molecular formula is C24H39FIN3O2. The van der Waals surface area contributed by atoms with Gasteiger partial charge in [0.15, 0.2) is 5.96 Å². The summed E-state index contributed by atoms with van der Waals surface area (Å²) in [7, 11) is 3.58. The van der Waals surface area contributed by atoms with Gasteiger partial charge in [-0.1, -0.05) is 31.4 Å². The second-order valence-electron chi connectivity index (χ2n) is 8.66. The van der Waals surface area contributed by atoms with Crippen LogP contribution in [0.3, 0.4) is 0 Å². The van der Waals surface area contributed by atoms with Crippen LogP contribution >= 0.6 is 24.0 Å². The third-order valence-electron chi connectivity index (χ3n) is 6.63. The molecule has 1 aliphatic heterocycles. The van der Waals surface area contributed by atoms with Gasteiger partial charge < -0.3 is 19.7 Å². The first-order valence-electron chi connectivity index (χ1n) is 11.5. The van der Waals surface area contributed by atoms with Gasteiger partial charge in [0.2, 0.25) is 0 Å². The molecule has 5 nitrogen and oxygen atoms in total. The summed E-state index contributed by atoms with van der Waals surface area (Å²) < 4.78 is 25.0. The molecule has 1 saturated carbocycles. The van der Waals surface area contributed by atoms with E-state index in [1.54, 1.807) is 13.2 Å². The number of guanidine groups is 1. The number of ether oxygens (including phenoxy) is 2. The highest BCUT2D eigenvalue weighted by atomic mass is 127. The maximum absolute atomic E-state index is 13.9. The molecule has 0 radical (unpaired) electrons. The number of hydrogen-bond donors (Lipinski definition) is 1. The topological polar surface area (TPSA) is 46.1 Å². The zero-order chi connectivity index (χ0) is 21.2. The highest BCUT2D eigenvalue weighted by Gasteiger charge is 2.35.